The van der Waals surface area contributed by atoms with Gasteiger partial charge in [0.15, 0.2) is 0 Å². The van der Waals surface area contributed by atoms with E-state index in [4.69, 9.17) is 4.42 Å². The van der Waals surface area contributed by atoms with Crippen molar-refractivity contribution >= 4 is 22.4 Å². The lowest BCUT2D eigenvalue weighted by Crippen LogP contribution is -2.49. The van der Waals surface area contributed by atoms with E-state index in [2.05, 4.69) is 17.1 Å². The van der Waals surface area contributed by atoms with Gasteiger partial charge in [0.05, 0.1) is 6.54 Å². The van der Waals surface area contributed by atoms with E-state index in [0.717, 1.165) is 38.2 Å². The molecule has 126 valence electrons. The standard InChI is InChI=1S/C14H23N3O3S.ClH/c1-12-10-15-6-9-16(12)11-13-4-5-14(20-13)21(18,19)17-7-2-3-8-17;/h4-5,12,15H,2-3,6-11H2,1H3;1H/t12-;/m0./s1. The van der Waals surface area contributed by atoms with Gasteiger partial charge in [0.25, 0.3) is 10.0 Å². The predicted molar refractivity (Wildman–Crippen MR) is 86.7 cm³/mol. The van der Waals surface area contributed by atoms with E-state index < -0.39 is 10.0 Å². The lowest BCUT2D eigenvalue weighted by molar-refractivity contribution is 0.151. The summed E-state index contributed by atoms with van der Waals surface area (Å²) in [7, 11) is -3.44. The minimum Gasteiger partial charge on any atom is -0.447 e. The predicted octanol–water partition coefficient (Wildman–Crippen LogP) is 1.28. The molecule has 0 aliphatic carbocycles. The molecule has 0 bridgehead atoms. The highest BCUT2D eigenvalue weighted by Crippen LogP contribution is 2.23. The van der Waals surface area contributed by atoms with Crippen LogP contribution in [0.5, 0.6) is 0 Å². The maximum atomic E-state index is 12.4. The second-order valence-corrected chi connectivity index (χ2v) is 7.72. The molecule has 0 radical (unpaired) electrons. The maximum absolute atomic E-state index is 12.4. The molecule has 3 rings (SSSR count). The smallest absolute Gasteiger partial charge is 0.276 e. The van der Waals surface area contributed by atoms with Crippen molar-refractivity contribution in [2.24, 2.45) is 0 Å². The number of hydrogen-bond acceptors (Lipinski definition) is 5. The van der Waals surface area contributed by atoms with Crippen LogP contribution < -0.4 is 5.32 Å². The first-order valence-corrected chi connectivity index (χ1v) is 9.05. The highest BCUT2D eigenvalue weighted by Gasteiger charge is 2.30. The summed E-state index contributed by atoms with van der Waals surface area (Å²) in [6.45, 7) is 6.91. The molecule has 2 fully saturated rings. The van der Waals surface area contributed by atoms with Crippen molar-refractivity contribution in [2.75, 3.05) is 32.7 Å². The molecule has 0 amide bonds. The number of piperazine rings is 1. The van der Waals surface area contributed by atoms with Crippen LogP contribution in [0.15, 0.2) is 21.6 Å². The third-order valence-electron chi connectivity index (χ3n) is 4.29. The molecule has 1 atom stereocenters. The Morgan fingerprint density at radius 2 is 2.00 bits per heavy atom. The van der Waals surface area contributed by atoms with Gasteiger partial charge >= 0.3 is 0 Å². The Morgan fingerprint density at radius 3 is 2.68 bits per heavy atom. The summed E-state index contributed by atoms with van der Waals surface area (Å²) in [4.78, 5) is 2.31. The summed E-state index contributed by atoms with van der Waals surface area (Å²) in [6.07, 6.45) is 1.87. The normalized spacial score (nSPS) is 24.3. The minimum absolute atomic E-state index is 0. The molecule has 3 heterocycles. The number of hydrogen-bond donors (Lipinski definition) is 1. The van der Waals surface area contributed by atoms with Gasteiger partial charge < -0.3 is 9.73 Å². The molecular weight excluding hydrogens is 326 g/mol. The summed E-state index contributed by atoms with van der Waals surface area (Å²) in [5, 5.41) is 3.43. The average molecular weight is 350 g/mol. The molecule has 2 saturated heterocycles. The third-order valence-corrected chi connectivity index (χ3v) is 6.07. The van der Waals surface area contributed by atoms with Gasteiger partial charge in [-0.25, -0.2) is 8.42 Å². The lowest BCUT2D eigenvalue weighted by Gasteiger charge is -2.33. The van der Waals surface area contributed by atoms with Gasteiger partial charge in [-0.15, -0.1) is 12.4 Å². The largest absolute Gasteiger partial charge is 0.447 e. The van der Waals surface area contributed by atoms with Crippen molar-refractivity contribution in [1.82, 2.24) is 14.5 Å². The van der Waals surface area contributed by atoms with Crippen LogP contribution in [0.25, 0.3) is 0 Å². The van der Waals surface area contributed by atoms with E-state index in [-0.39, 0.29) is 17.5 Å². The topological polar surface area (TPSA) is 65.8 Å². The van der Waals surface area contributed by atoms with Crippen LogP contribution in [0.1, 0.15) is 25.5 Å². The van der Waals surface area contributed by atoms with Gasteiger partial charge in [0.2, 0.25) is 5.09 Å². The van der Waals surface area contributed by atoms with Crippen LogP contribution in [-0.4, -0.2) is 56.4 Å². The molecule has 2 aliphatic heterocycles. The number of halogens is 1. The van der Waals surface area contributed by atoms with Crippen LogP contribution in [0.4, 0.5) is 0 Å². The van der Waals surface area contributed by atoms with E-state index in [1.165, 1.54) is 4.31 Å². The van der Waals surface area contributed by atoms with Gasteiger partial charge in [0.1, 0.15) is 5.76 Å². The summed E-state index contributed by atoms with van der Waals surface area (Å²) >= 11 is 0. The first kappa shape index (κ1) is 17.7. The van der Waals surface area contributed by atoms with Crippen molar-refractivity contribution in [3.05, 3.63) is 17.9 Å². The molecule has 22 heavy (non-hydrogen) atoms. The van der Waals surface area contributed by atoms with Crippen molar-refractivity contribution in [2.45, 2.75) is 37.4 Å². The Hall–Kier alpha value is -0.600. The monoisotopic (exact) mass is 349 g/mol. The summed E-state index contributed by atoms with van der Waals surface area (Å²) < 4.78 is 32.0. The molecule has 0 spiro atoms. The zero-order valence-electron chi connectivity index (χ0n) is 12.8. The fraction of sp³-hybridized carbons (Fsp3) is 0.714. The number of nitrogens with one attached hydrogen (secondary N) is 1. The average Bonchev–Trinajstić information content (AvgIpc) is 3.12. The lowest BCUT2D eigenvalue weighted by atomic mass is 10.2. The van der Waals surface area contributed by atoms with Crippen LogP contribution in [0, 0.1) is 0 Å². The van der Waals surface area contributed by atoms with E-state index >= 15 is 0 Å². The van der Waals surface area contributed by atoms with E-state index in [1.54, 1.807) is 12.1 Å². The summed E-state index contributed by atoms with van der Waals surface area (Å²) in [5.41, 5.74) is 0. The van der Waals surface area contributed by atoms with Crippen LogP contribution in [0.3, 0.4) is 0 Å². The van der Waals surface area contributed by atoms with Gasteiger partial charge in [-0.2, -0.15) is 4.31 Å². The van der Waals surface area contributed by atoms with Gasteiger partial charge in [-0.3, -0.25) is 4.90 Å². The Bertz CT molecular complexity index is 584. The number of sulfonamides is 1. The van der Waals surface area contributed by atoms with Crippen LogP contribution >= 0.6 is 12.4 Å². The summed E-state index contributed by atoms with van der Waals surface area (Å²) in [6, 6.07) is 3.82. The molecule has 0 unspecified atom stereocenters. The zero-order chi connectivity index (χ0) is 14.9. The molecule has 0 saturated carbocycles. The van der Waals surface area contributed by atoms with E-state index in [0.29, 0.717) is 25.7 Å². The van der Waals surface area contributed by atoms with E-state index in [1.807, 2.05) is 0 Å². The number of rotatable bonds is 4. The Balaban J connectivity index is 0.00000176. The first-order chi connectivity index (χ1) is 10.1. The molecule has 2 aliphatic rings. The quantitative estimate of drug-likeness (QED) is 0.887. The van der Waals surface area contributed by atoms with Crippen molar-refractivity contribution in [3.8, 4) is 0 Å². The van der Waals surface area contributed by atoms with Gasteiger partial charge in [0, 0.05) is 38.8 Å². The molecule has 1 N–H and O–H groups in total. The minimum atomic E-state index is -3.44. The fourth-order valence-corrected chi connectivity index (χ4v) is 4.40. The van der Waals surface area contributed by atoms with Gasteiger partial charge in [-0.05, 0) is 31.9 Å². The molecular formula is C14H24ClN3O3S. The zero-order valence-corrected chi connectivity index (χ0v) is 14.5. The molecule has 1 aromatic rings. The fourth-order valence-electron chi connectivity index (χ4n) is 2.96. The second kappa shape index (κ2) is 7.31. The Labute approximate surface area is 138 Å². The van der Waals surface area contributed by atoms with Crippen molar-refractivity contribution < 1.29 is 12.8 Å². The van der Waals surface area contributed by atoms with E-state index in [9.17, 15) is 8.42 Å². The first-order valence-electron chi connectivity index (χ1n) is 7.61. The molecule has 8 heteroatoms. The third kappa shape index (κ3) is 3.65. The highest BCUT2D eigenvalue weighted by molar-refractivity contribution is 7.89. The molecule has 1 aromatic heterocycles. The Kier molecular flexibility index (Phi) is 5.90. The van der Waals surface area contributed by atoms with Crippen LogP contribution in [0.2, 0.25) is 0 Å². The van der Waals surface area contributed by atoms with Crippen molar-refractivity contribution in [1.29, 1.82) is 0 Å². The van der Waals surface area contributed by atoms with Crippen molar-refractivity contribution in [3.63, 3.8) is 0 Å². The maximum Gasteiger partial charge on any atom is 0.276 e. The van der Waals surface area contributed by atoms with Gasteiger partial charge in [-0.1, -0.05) is 0 Å². The second-order valence-electron chi connectivity index (χ2n) is 5.86. The van der Waals surface area contributed by atoms with Crippen LogP contribution in [-0.2, 0) is 16.6 Å². The number of furan rings is 1. The SMILES string of the molecule is C[C@H]1CNCCN1Cc1ccc(S(=O)(=O)N2CCCC2)o1.Cl. The molecule has 0 aromatic carbocycles. The molecule has 6 nitrogen and oxygen atoms in total. The highest BCUT2D eigenvalue weighted by atomic mass is 35.5. The number of nitrogens with zero attached hydrogens (tertiary/aromatic N) is 2. The summed E-state index contributed by atoms with van der Waals surface area (Å²) in [5.74, 6) is 0.724. The Morgan fingerprint density at radius 1 is 1.27 bits per heavy atom.